The minimum Gasteiger partial charge on any atom is -0.481 e. The van der Waals surface area contributed by atoms with Gasteiger partial charge in [-0.2, -0.15) is 23.5 Å². The first-order chi connectivity index (χ1) is 17.0. The fourth-order valence-electron chi connectivity index (χ4n) is 5.54. The van der Waals surface area contributed by atoms with E-state index in [0.717, 1.165) is 38.5 Å². The number of hydrogen-bond donors (Lipinski definition) is 2. The highest BCUT2D eigenvalue weighted by atomic mass is 32.2. The van der Waals surface area contributed by atoms with E-state index in [1.807, 2.05) is 27.7 Å². The number of carbonyl (C=O) groups is 2. The van der Waals surface area contributed by atoms with E-state index in [4.69, 9.17) is 0 Å². The maximum atomic E-state index is 11.4. The Labute approximate surface area is 226 Å². The molecule has 2 saturated heterocycles. The monoisotopic (exact) mass is 534 g/mol. The van der Waals surface area contributed by atoms with Crippen LogP contribution in [0.1, 0.15) is 126 Å². The van der Waals surface area contributed by atoms with E-state index in [0.29, 0.717) is 21.0 Å². The van der Waals surface area contributed by atoms with Crippen LogP contribution in [0.4, 0.5) is 0 Å². The van der Waals surface area contributed by atoms with Gasteiger partial charge in [0.2, 0.25) is 0 Å². The summed E-state index contributed by atoms with van der Waals surface area (Å²) in [6.45, 7) is 7.35. The van der Waals surface area contributed by atoms with Crippen LogP contribution in [0.5, 0.6) is 0 Å². The van der Waals surface area contributed by atoms with Crippen LogP contribution >= 0.6 is 23.5 Å². The summed E-state index contributed by atoms with van der Waals surface area (Å²) in [6, 6.07) is 9.08. The van der Waals surface area contributed by atoms with Gasteiger partial charge in [-0.05, 0) is 90.2 Å². The lowest BCUT2D eigenvalue weighted by Gasteiger charge is -2.34. The number of aliphatic carboxylic acids is 2. The molecule has 0 saturated carbocycles. The van der Waals surface area contributed by atoms with Crippen molar-refractivity contribution in [2.45, 2.75) is 126 Å². The summed E-state index contributed by atoms with van der Waals surface area (Å²) in [4.78, 5) is 22.9. The molecule has 4 nitrogen and oxygen atoms in total. The Hall–Kier alpha value is -1.14. The number of benzene rings is 1. The topological polar surface area (TPSA) is 74.6 Å². The van der Waals surface area contributed by atoms with Gasteiger partial charge < -0.3 is 10.2 Å². The summed E-state index contributed by atoms with van der Waals surface area (Å²) in [7, 11) is 0. The number of hydrogen-bond acceptors (Lipinski definition) is 4. The van der Waals surface area contributed by atoms with Gasteiger partial charge in [-0.25, -0.2) is 0 Å². The van der Waals surface area contributed by atoms with Crippen LogP contribution in [-0.2, 0) is 9.59 Å². The normalized spacial score (nSPS) is 25.4. The SMILES string of the molecule is CC(C)(CCCC1CCCC(c2ccccc2C2CCCC(CCCC(C)(C)C(=O)O)S2)S1)C(=O)O. The van der Waals surface area contributed by atoms with Crippen LogP contribution in [0.15, 0.2) is 24.3 Å². The zero-order valence-corrected chi connectivity index (χ0v) is 24.3. The molecule has 1 aromatic rings. The number of carboxylic acids is 2. The highest BCUT2D eigenvalue weighted by Gasteiger charge is 2.32. The molecule has 0 aromatic heterocycles. The second-order valence-electron chi connectivity index (χ2n) is 12.1. The van der Waals surface area contributed by atoms with Crippen LogP contribution in [-0.4, -0.2) is 32.7 Å². The molecule has 2 heterocycles. The Morgan fingerprint density at radius 2 is 1.14 bits per heavy atom. The minimum absolute atomic E-state index is 0.532. The highest BCUT2D eigenvalue weighted by Crippen LogP contribution is 2.51. The largest absolute Gasteiger partial charge is 0.481 e. The predicted octanol–water partition coefficient (Wildman–Crippen LogP) is 8.90. The smallest absolute Gasteiger partial charge is 0.309 e. The summed E-state index contributed by atoms with van der Waals surface area (Å²) in [5.41, 5.74) is 1.76. The first-order valence-corrected chi connectivity index (χ1v) is 15.7. The van der Waals surface area contributed by atoms with Gasteiger partial charge in [0.1, 0.15) is 0 Å². The van der Waals surface area contributed by atoms with Crippen LogP contribution in [0.25, 0.3) is 0 Å². The second kappa shape index (κ2) is 13.1. The van der Waals surface area contributed by atoms with Crippen molar-refractivity contribution in [3.05, 3.63) is 35.4 Å². The third-order valence-corrected chi connectivity index (χ3v) is 11.6. The lowest BCUT2D eigenvalue weighted by atomic mass is 9.86. The molecule has 0 aliphatic carbocycles. The molecule has 4 atom stereocenters. The first-order valence-electron chi connectivity index (χ1n) is 13.9. The molecule has 0 amide bonds. The second-order valence-corrected chi connectivity index (χ2v) is 15.2. The molecule has 1 aromatic carbocycles. The summed E-state index contributed by atoms with van der Waals surface area (Å²) in [5, 5.41) is 21.1. The van der Waals surface area contributed by atoms with Crippen molar-refractivity contribution in [3.8, 4) is 0 Å². The quantitative estimate of drug-likeness (QED) is 0.279. The van der Waals surface area contributed by atoms with E-state index in [1.54, 1.807) is 0 Å². The Morgan fingerprint density at radius 3 is 1.50 bits per heavy atom. The average molecular weight is 535 g/mol. The van der Waals surface area contributed by atoms with Gasteiger partial charge in [0.15, 0.2) is 0 Å². The fourth-order valence-corrected chi connectivity index (χ4v) is 9.00. The highest BCUT2D eigenvalue weighted by molar-refractivity contribution is 8.00. The molecule has 6 heteroatoms. The average Bonchev–Trinajstić information content (AvgIpc) is 2.84. The Kier molecular flexibility index (Phi) is 10.7. The Balaban J connectivity index is 1.58. The van der Waals surface area contributed by atoms with Crippen molar-refractivity contribution in [2.24, 2.45) is 10.8 Å². The maximum absolute atomic E-state index is 11.4. The molecule has 0 bridgehead atoms. The fraction of sp³-hybridized carbons (Fsp3) is 0.733. The third-order valence-electron chi connectivity index (χ3n) is 8.20. The summed E-state index contributed by atoms with van der Waals surface area (Å²) in [5.74, 6) is -1.39. The maximum Gasteiger partial charge on any atom is 0.309 e. The van der Waals surface area contributed by atoms with Crippen molar-refractivity contribution in [1.29, 1.82) is 0 Å². The Morgan fingerprint density at radius 1 is 0.750 bits per heavy atom. The van der Waals surface area contributed by atoms with Crippen LogP contribution < -0.4 is 0 Å². The van der Waals surface area contributed by atoms with E-state index in [9.17, 15) is 19.8 Å². The van der Waals surface area contributed by atoms with Gasteiger partial charge in [-0.15, -0.1) is 0 Å². The van der Waals surface area contributed by atoms with Gasteiger partial charge >= 0.3 is 11.9 Å². The molecule has 0 radical (unpaired) electrons. The summed E-state index contributed by atoms with van der Waals surface area (Å²) in [6.07, 6.45) is 13.1. The molecule has 2 N–H and O–H groups in total. The first kappa shape index (κ1) is 29.4. The van der Waals surface area contributed by atoms with Crippen LogP contribution in [0.3, 0.4) is 0 Å². The molecule has 0 spiro atoms. The zero-order valence-electron chi connectivity index (χ0n) is 22.6. The zero-order chi connectivity index (χ0) is 26.3. The van der Waals surface area contributed by atoms with Crippen molar-refractivity contribution in [2.75, 3.05) is 0 Å². The molecular formula is C30H46O4S2. The number of rotatable bonds is 12. The van der Waals surface area contributed by atoms with Crippen LogP contribution in [0, 0.1) is 10.8 Å². The Bertz CT molecular complexity index is 810. The van der Waals surface area contributed by atoms with Crippen molar-refractivity contribution in [1.82, 2.24) is 0 Å². The summed E-state index contributed by atoms with van der Waals surface area (Å²) < 4.78 is 0. The van der Waals surface area contributed by atoms with Gasteiger partial charge in [0.25, 0.3) is 0 Å². The molecular weight excluding hydrogens is 488 g/mol. The van der Waals surface area contributed by atoms with Gasteiger partial charge in [-0.3, -0.25) is 9.59 Å². The molecule has 2 fully saturated rings. The van der Waals surface area contributed by atoms with Gasteiger partial charge in [0, 0.05) is 21.0 Å². The lowest BCUT2D eigenvalue weighted by molar-refractivity contribution is -0.148. The van der Waals surface area contributed by atoms with Crippen molar-refractivity contribution >= 4 is 35.5 Å². The molecule has 36 heavy (non-hydrogen) atoms. The third kappa shape index (κ3) is 8.18. The van der Waals surface area contributed by atoms with Crippen molar-refractivity contribution < 1.29 is 19.8 Å². The van der Waals surface area contributed by atoms with Crippen LogP contribution in [0.2, 0.25) is 0 Å². The van der Waals surface area contributed by atoms with E-state index in [-0.39, 0.29) is 0 Å². The number of carboxylic acid groups (broad SMARTS) is 2. The molecule has 2 aliphatic rings. The van der Waals surface area contributed by atoms with Gasteiger partial charge in [-0.1, -0.05) is 49.9 Å². The molecule has 3 rings (SSSR count). The lowest BCUT2D eigenvalue weighted by Crippen LogP contribution is -2.24. The van der Waals surface area contributed by atoms with E-state index in [2.05, 4.69) is 47.8 Å². The molecule has 2 aliphatic heterocycles. The van der Waals surface area contributed by atoms with Crippen molar-refractivity contribution in [3.63, 3.8) is 0 Å². The van der Waals surface area contributed by atoms with E-state index >= 15 is 0 Å². The minimum atomic E-state index is -0.695. The predicted molar refractivity (Wildman–Crippen MR) is 153 cm³/mol. The van der Waals surface area contributed by atoms with E-state index < -0.39 is 22.8 Å². The summed E-state index contributed by atoms with van der Waals surface area (Å²) >= 11 is 4.26. The molecule has 4 unspecified atom stereocenters. The van der Waals surface area contributed by atoms with Gasteiger partial charge in [0.05, 0.1) is 10.8 Å². The van der Waals surface area contributed by atoms with E-state index in [1.165, 1.54) is 49.7 Å². The standard InChI is InChI=1S/C30H46O4S2/c1-29(2,27(31)32)19-9-13-21-11-7-17-25(35-21)23-15-5-6-16-24(23)26-18-8-12-22(36-26)14-10-20-30(3,4)28(33)34/h5-6,15-16,21-22,25-26H,7-14,17-20H2,1-4H3,(H,31,32)(H,33,34). The molecule has 202 valence electrons. The number of thioether (sulfide) groups is 2.